The molecule has 0 aliphatic rings. The van der Waals surface area contributed by atoms with Crippen molar-refractivity contribution in [2.75, 3.05) is 5.32 Å². The molecular weight excluding hydrogens is 270 g/mol. The molecule has 20 heavy (non-hydrogen) atoms. The number of carbonyl (C=O) groups is 1. The van der Waals surface area contributed by atoms with E-state index in [-0.39, 0.29) is 5.91 Å². The van der Waals surface area contributed by atoms with Gasteiger partial charge in [0, 0.05) is 23.5 Å². The first-order valence-electron chi connectivity index (χ1n) is 6.47. The third kappa shape index (κ3) is 2.44. The van der Waals surface area contributed by atoms with Crippen LogP contribution in [0.3, 0.4) is 0 Å². The predicted octanol–water partition coefficient (Wildman–Crippen LogP) is 3.77. The summed E-state index contributed by atoms with van der Waals surface area (Å²) in [7, 11) is 0. The molecule has 0 aliphatic heterocycles. The standard InChI is InChI=1S/C15H15N3OS/c1-10(2)11-3-5-12(6-4-11)16-14(19)13-9-18-7-8-20-15(18)17-13/h3-10H,1-2H3,(H,16,19). The van der Waals surface area contributed by atoms with Crippen LogP contribution in [-0.4, -0.2) is 15.3 Å². The molecule has 0 fully saturated rings. The minimum absolute atomic E-state index is 0.182. The third-order valence-electron chi connectivity index (χ3n) is 3.16. The zero-order chi connectivity index (χ0) is 14.1. The molecule has 2 aromatic heterocycles. The molecule has 0 bridgehead atoms. The Kier molecular flexibility index (Phi) is 3.28. The molecule has 4 nitrogen and oxygen atoms in total. The van der Waals surface area contributed by atoms with Crippen LogP contribution in [0.2, 0.25) is 0 Å². The minimum atomic E-state index is -0.182. The maximum atomic E-state index is 12.1. The number of aromatic nitrogens is 2. The van der Waals surface area contributed by atoms with E-state index in [1.54, 1.807) is 6.20 Å². The molecule has 0 unspecified atom stereocenters. The van der Waals surface area contributed by atoms with Gasteiger partial charge in [0.25, 0.3) is 5.91 Å². The molecule has 0 atom stereocenters. The summed E-state index contributed by atoms with van der Waals surface area (Å²) in [5.74, 6) is 0.304. The van der Waals surface area contributed by atoms with Gasteiger partial charge in [0.15, 0.2) is 4.96 Å². The summed E-state index contributed by atoms with van der Waals surface area (Å²) in [5, 5.41) is 4.80. The van der Waals surface area contributed by atoms with Crippen molar-refractivity contribution in [2.45, 2.75) is 19.8 Å². The summed E-state index contributed by atoms with van der Waals surface area (Å²) >= 11 is 1.51. The van der Waals surface area contributed by atoms with Crippen LogP contribution in [0.4, 0.5) is 5.69 Å². The van der Waals surface area contributed by atoms with E-state index in [9.17, 15) is 4.79 Å². The molecule has 102 valence electrons. The zero-order valence-corrected chi connectivity index (χ0v) is 12.1. The maximum absolute atomic E-state index is 12.1. The van der Waals surface area contributed by atoms with E-state index < -0.39 is 0 Å². The van der Waals surface area contributed by atoms with Gasteiger partial charge in [0.2, 0.25) is 0 Å². The Morgan fingerprint density at radius 2 is 2.05 bits per heavy atom. The van der Waals surface area contributed by atoms with Gasteiger partial charge in [-0.25, -0.2) is 4.98 Å². The van der Waals surface area contributed by atoms with Crippen LogP contribution in [0.15, 0.2) is 42.0 Å². The summed E-state index contributed by atoms with van der Waals surface area (Å²) in [6.45, 7) is 4.29. The number of nitrogens with one attached hydrogen (secondary N) is 1. The minimum Gasteiger partial charge on any atom is -0.321 e. The first-order chi connectivity index (χ1) is 9.63. The number of carbonyl (C=O) groups excluding carboxylic acids is 1. The Morgan fingerprint density at radius 3 is 2.70 bits per heavy atom. The summed E-state index contributed by atoms with van der Waals surface area (Å²) in [4.78, 5) is 17.2. The summed E-state index contributed by atoms with van der Waals surface area (Å²) in [6, 6.07) is 7.91. The van der Waals surface area contributed by atoms with Gasteiger partial charge in [-0.15, -0.1) is 11.3 Å². The van der Waals surface area contributed by atoms with Crippen molar-refractivity contribution >= 4 is 27.9 Å². The summed E-state index contributed by atoms with van der Waals surface area (Å²) in [5.41, 5.74) is 2.48. The van der Waals surface area contributed by atoms with Crippen molar-refractivity contribution in [1.29, 1.82) is 0 Å². The molecule has 0 saturated heterocycles. The van der Waals surface area contributed by atoms with Crippen LogP contribution in [0, 0.1) is 0 Å². The molecule has 3 aromatic rings. The van der Waals surface area contributed by atoms with Gasteiger partial charge in [-0.3, -0.25) is 9.20 Å². The van der Waals surface area contributed by atoms with Crippen molar-refractivity contribution < 1.29 is 4.79 Å². The Labute approximate surface area is 121 Å². The lowest BCUT2D eigenvalue weighted by atomic mass is 10.0. The van der Waals surface area contributed by atoms with E-state index in [4.69, 9.17) is 0 Å². The Hall–Kier alpha value is -2.14. The molecule has 0 spiro atoms. The Bertz CT molecular complexity index is 711. The molecule has 1 aromatic carbocycles. The number of benzene rings is 1. The van der Waals surface area contributed by atoms with Crippen LogP contribution < -0.4 is 5.32 Å². The van der Waals surface area contributed by atoms with E-state index in [0.717, 1.165) is 10.6 Å². The molecule has 0 radical (unpaired) electrons. The largest absolute Gasteiger partial charge is 0.321 e. The SMILES string of the molecule is CC(C)c1ccc(NC(=O)c2cn3ccsc3n2)cc1. The highest BCUT2D eigenvalue weighted by atomic mass is 32.1. The smallest absolute Gasteiger partial charge is 0.275 e. The topological polar surface area (TPSA) is 46.4 Å². The van der Waals surface area contributed by atoms with Gasteiger partial charge in [0.05, 0.1) is 0 Å². The average molecular weight is 285 g/mol. The third-order valence-corrected chi connectivity index (χ3v) is 3.93. The van der Waals surface area contributed by atoms with E-state index >= 15 is 0 Å². The van der Waals surface area contributed by atoms with Gasteiger partial charge in [-0.1, -0.05) is 26.0 Å². The van der Waals surface area contributed by atoms with Crippen LogP contribution in [0.1, 0.15) is 35.8 Å². The fourth-order valence-corrected chi connectivity index (χ4v) is 2.68. The highest BCUT2D eigenvalue weighted by molar-refractivity contribution is 7.15. The second-order valence-corrected chi connectivity index (χ2v) is 5.82. The van der Waals surface area contributed by atoms with Crippen molar-refractivity contribution in [2.24, 2.45) is 0 Å². The number of rotatable bonds is 3. The monoisotopic (exact) mass is 285 g/mol. The second kappa shape index (κ2) is 5.09. The average Bonchev–Trinajstić information content (AvgIpc) is 2.99. The van der Waals surface area contributed by atoms with Gasteiger partial charge < -0.3 is 5.32 Å². The quantitative estimate of drug-likeness (QED) is 0.796. The van der Waals surface area contributed by atoms with Crippen LogP contribution in [0.25, 0.3) is 4.96 Å². The molecule has 5 heteroatoms. The number of amides is 1. The number of hydrogen-bond acceptors (Lipinski definition) is 3. The molecule has 3 rings (SSSR count). The lowest BCUT2D eigenvalue weighted by Crippen LogP contribution is -2.12. The fourth-order valence-electron chi connectivity index (χ4n) is 1.98. The van der Waals surface area contributed by atoms with E-state index in [0.29, 0.717) is 11.6 Å². The van der Waals surface area contributed by atoms with Crippen LogP contribution >= 0.6 is 11.3 Å². The number of nitrogens with zero attached hydrogens (tertiary/aromatic N) is 2. The fraction of sp³-hybridized carbons (Fsp3) is 0.200. The molecule has 1 amide bonds. The van der Waals surface area contributed by atoms with Gasteiger partial charge in [-0.05, 0) is 23.6 Å². The molecule has 0 aliphatic carbocycles. The zero-order valence-electron chi connectivity index (χ0n) is 11.3. The molecule has 2 heterocycles. The number of thiazole rings is 1. The number of hydrogen-bond donors (Lipinski definition) is 1. The van der Waals surface area contributed by atoms with Gasteiger partial charge in [-0.2, -0.15) is 0 Å². The van der Waals surface area contributed by atoms with Crippen molar-refractivity contribution in [3.63, 3.8) is 0 Å². The highest BCUT2D eigenvalue weighted by Crippen LogP contribution is 2.18. The highest BCUT2D eigenvalue weighted by Gasteiger charge is 2.11. The van der Waals surface area contributed by atoms with Gasteiger partial charge in [0.1, 0.15) is 5.69 Å². The molecule has 0 saturated carbocycles. The Morgan fingerprint density at radius 1 is 1.30 bits per heavy atom. The normalized spacial score (nSPS) is 11.2. The van der Waals surface area contributed by atoms with Crippen molar-refractivity contribution in [3.05, 3.63) is 53.3 Å². The second-order valence-electron chi connectivity index (χ2n) is 4.95. The summed E-state index contributed by atoms with van der Waals surface area (Å²) in [6.07, 6.45) is 3.63. The van der Waals surface area contributed by atoms with Crippen molar-refractivity contribution in [1.82, 2.24) is 9.38 Å². The first-order valence-corrected chi connectivity index (χ1v) is 7.35. The first kappa shape index (κ1) is 12.9. The van der Waals surface area contributed by atoms with E-state index in [2.05, 4.69) is 24.1 Å². The van der Waals surface area contributed by atoms with Crippen LogP contribution in [0.5, 0.6) is 0 Å². The van der Waals surface area contributed by atoms with Crippen LogP contribution in [-0.2, 0) is 0 Å². The predicted molar refractivity (Wildman–Crippen MR) is 81.6 cm³/mol. The van der Waals surface area contributed by atoms with Gasteiger partial charge >= 0.3 is 0 Å². The number of imidazole rings is 1. The molecule has 1 N–H and O–H groups in total. The summed E-state index contributed by atoms with van der Waals surface area (Å²) < 4.78 is 1.85. The van der Waals surface area contributed by atoms with E-state index in [1.807, 2.05) is 40.2 Å². The number of fused-ring (bicyclic) bond motifs is 1. The van der Waals surface area contributed by atoms with Crippen molar-refractivity contribution in [3.8, 4) is 0 Å². The number of anilines is 1. The maximum Gasteiger partial charge on any atom is 0.275 e. The lowest BCUT2D eigenvalue weighted by molar-refractivity contribution is 0.102. The van der Waals surface area contributed by atoms with E-state index in [1.165, 1.54) is 16.9 Å². The Balaban J connectivity index is 1.76. The molecular formula is C15H15N3OS. The lowest BCUT2D eigenvalue weighted by Gasteiger charge is -2.07.